The molecular weight excluding hydrogens is 281 g/mol. The summed E-state index contributed by atoms with van der Waals surface area (Å²) < 4.78 is 49.3. The number of fused-ring (bicyclic) bond motifs is 1. The van der Waals surface area contributed by atoms with Crippen LogP contribution in [0.3, 0.4) is 0 Å². The van der Waals surface area contributed by atoms with Gasteiger partial charge < -0.3 is 9.47 Å². The lowest BCUT2D eigenvalue weighted by atomic mass is 9.93. The van der Waals surface area contributed by atoms with Crippen LogP contribution in [0.5, 0.6) is 5.75 Å². The van der Waals surface area contributed by atoms with E-state index in [4.69, 9.17) is 21.1 Å². The topological polar surface area (TPSA) is 18.5 Å². The third-order valence-corrected chi connectivity index (χ3v) is 3.39. The third kappa shape index (κ3) is 2.98. The molecule has 0 fully saturated rings. The monoisotopic (exact) mass is 294 g/mol. The molecule has 6 heteroatoms. The second kappa shape index (κ2) is 5.59. The third-order valence-electron chi connectivity index (χ3n) is 3.18. The molecule has 0 amide bonds. The number of rotatable bonds is 3. The van der Waals surface area contributed by atoms with Crippen molar-refractivity contribution in [2.45, 2.75) is 25.1 Å². The molecular formula is C13H14ClF3O2. The minimum absolute atomic E-state index is 0.141. The molecule has 1 aliphatic heterocycles. The quantitative estimate of drug-likeness (QED) is 0.786. The van der Waals surface area contributed by atoms with Gasteiger partial charge in [-0.1, -0.05) is 0 Å². The fraction of sp³-hybridized carbons (Fsp3) is 0.538. The van der Waals surface area contributed by atoms with E-state index >= 15 is 0 Å². The van der Waals surface area contributed by atoms with E-state index in [-0.39, 0.29) is 11.9 Å². The van der Waals surface area contributed by atoms with Crippen molar-refractivity contribution in [1.82, 2.24) is 0 Å². The van der Waals surface area contributed by atoms with E-state index in [0.717, 1.165) is 11.6 Å². The molecule has 0 saturated heterocycles. The Bertz CT molecular complexity index is 460. The van der Waals surface area contributed by atoms with Crippen LogP contribution in [0.1, 0.15) is 29.2 Å². The summed E-state index contributed by atoms with van der Waals surface area (Å²) in [5.74, 6) is 0.204. The van der Waals surface area contributed by atoms with Crippen LogP contribution in [0.4, 0.5) is 13.2 Å². The van der Waals surface area contributed by atoms with Crippen molar-refractivity contribution >= 4 is 11.6 Å². The summed E-state index contributed by atoms with van der Waals surface area (Å²) in [5.41, 5.74) is 0.644. The number of halogens is 4. The van der Waals surface area contributed by atoms with Crippen LogP contribution in [0.2, 0.25) is 0 Å². The molecule has 1 aliphatic rings. The minimum atomic E-state index is -4.44. The fourth-order valence-electron chi connectivity index (χ4n) is 2.28. The Labute approximate surface area is 114 Å². The van der Waals surface area contributed by atoms with E-state index in [1.807, 2.05) is 0 Å². The van der Waals surface area contributed by atoms with Gasteiger partial charge in [-0.05, 0) is 36.1 Å². The molecule has 0 saturated carbocycles. The molecule has 1 aromatic carbocycles. The van der Waals surface area contributed by atoms with Crippen molar-refractivity contribution in [2.24, 2.45) is 0 Å². The smallest absolute Gasteiger partial charge is 0.419 e. The first-order valence-electron chi connectivity index (χ1n) is 5.93. The second-order valence-electron chi connectivity index (χ2n) is 4.34. The van der Waals surface area contributed by atoms with Crippen molar-refractivity contribution in [3.63, 3.8) is 0 Å². The number of hydrogen-bond donors (Lipinski definition) is 0. The molecule has 2 rings (SSSR count). The Morgan fingerprint density at radius 3 is 2.74 bits per heavy atom. The predicted molar refractivity (Wildman–Crippen MR) is 65.7 cm³/mol. The van der Waals surface area contributed by atoms with Crippen molar-refractivity contribution in [3.8, 4) is 5.75 Å². The van der Waals surface area contributed by atoms with Gasteiger partial charge in [0.15, 0.2) is 0 Å². The van der Waals surface area contributed by atoms with Crippen molar-refractivity contribution < 1.29 is 22.6 Å². The Hall–Kier alpha value is -0.940. The molecule has 1 unspecified atom stereocenters. The van der Waals surface area contributed by atoms with Crippen LogP contribution in [-0.2, 0) is 17.3 Å². The summed E-state index contributed by atoms with van der Waals surface area (Å²) in [4.78, 5) is 0. The Morgan fingerprint density at radius 1 is 1.42 bits per heavy atom. The molecule has 0 aromatic heterocycles. The van der Waals surface area contributed by atoms with Gasteiger partial charge in [-0.3, -0.25) is 0 Å². The summed E-state index contributed by atoms with van der Waals surface area (Å²) in [6.07, 6.45) is -3.72. The average Bonchev–Trinajstić information content (AvgIpc) is 2.37. The lowest BCUT2D eigenvalue weighted by Gasteiger charge is -2.27. The van der Waals surface area contributed by atoms with E-state index in [1.54, 1.807) is 0 Å². The van der Waals surface area contributed by atoms with Crippen LogP contribution < -0.4 is 4.74 Å². The molecule has 1 heterocycles. The standard InChI is InChI=1S/C13H14ClF3O2/c1-18-12-6-8-3-5-19-11(2-4-14)9(8)7-10(12)13(15,16)17/h6-7,11H,2-5H2,1H3. The summed E-state index contributed by atoms with van der Waals surface area (Å²) in [5, 5.41) is 0. The van der Waals surface area contributed by atoms with Gasteiger partial charge in [-0.25, -0.2) is 0 Å². The summed E-state index contributed by atoms with van der Waals surface area (Å²) in [6.45, 7) is 0.489. The maximum absolute atomic E-state index is 13.0. The van der Waals surface area contributed by atoms with E-state index in [9.17, 15) is 13.2 Å². The van der Waals surface area contributed by atoms with Crippen LogP contribution in [0.25, 0.3) is 0 Å². The van der Waals surface area contributed by atoms with E-state index in [1.165, 1.54) is 13.2 Å². The van der Waals surface area contributed by atoms with Gasteiger partial charge in [-0.2, -0.15) is 13.2 Å². The molecule has 0 radical (unpaired) electrons. The van der Waals surface area contributed by atoms with Gasteiger partial charge in [0.05, 0.1) is 25.4 Å². The number of hydrogen-bond acceptors (Lipinski definition) is 2. The Morgan fingerprint density at radius 2 is 2.16 bits per heavy atom. The number of alkyl halides is 4. The zero-order valence-electron chi connectivity index (χ0n) is 10.4. The number of benzene rings is 1. The van der Waals surface area contributed by atoms with Crippen molar-refractivity contribution in [1.29, 1.82) is 0 Å². The maximum atomic E-state index is 13.0. The van der Waals surface area contributed by atoms with E-state index < -0.39 is 11.7 Å². The first-order valence-corrected chi connectivity index (χ1v) is 6.46. The van der Waals surface area contributed by atoms with Crippen molar-refractivity contribution in [2.75, 3.05) is 19.6 Å². The maximum Gasteiger partial charge on any atom is 0.419 e. The molecule has 0 aliphatic carbocycles. The fourth-order valence-corrected chi connectivity index (χ4v) is 2.48. The molecule has 1 aromatic rings. The molecule has 0 spiro atoms. The van der Waals surface area contributed by atoms with Gasteiger partial charge >= 0.3 is 6.18 Å². The van der Waals surface area contributed by atoms with E-state index in [0.29, 0.717) is 30.9 Å². The molecule has 106 valence electrons. The first kappa shape index (κ1) is 14.5. The normalized spacial score (nSPS) is 19.1. The highest BCUT2D eigenvalue weighted by atomic mass is 35.5. The first-order chi connectivity index (χ1) is 8.97. The van der Waals surface area contributed by atoms with Gasteiger partial charge in [-0.15, -0.1) is 11.6 Å². The highest BCUT2D eigenvalue weighted by Gasteiger charge is 2.36. The van der Waals surface area contributed by atoms with Crippen molar-refractivity contribution in [3.05, 3.63) is 28.8 Å². The average molecular weight is 295 g/mol. The summed E-state index contributed by atoms with van der Waals surface area (Å²) >= 11 is 5.66. The predicted octanol–water partition coefficient (Wildman–Crippen LogP) is 3.96. The largest absolute Gasteiger partial charge is 0.496 e. The molecule has 0 bridgehead atoms. The molecule has 1 atom stereocenters. The van der Waals surface area contributed by atoms with Crippen LogP contribution in [0.15, 0.2) is 12.1 Å². The highest BCUT2D eigenvalue weighted by Crippen LogP contribution is 2.41. The van der Waals surface area contributed by atoms with Crippen LogP contribution >= 0.6 is 11.6 Å². The number of methoxy groups -OCH3 is 1. The van der Waals surface area contributed by atoms with Crippen LogP contribution in [0, 0.1) is 0 Å². The summed E-state index contributed by atoms with van der Waals surface area (Å²) in [6, 6.07) is 2.59. The van der Waals surface area contributed by atoms with Gasteiger partial charge in [0.25, 0.3) is 0 Å². The summed E-state index contributed by atoms with van der Waals surface area (Å²) in [7, 11) is 1.24. The SMILES string of the molecule is COc1cc2c(cc1C(F)(F)F)C(CCCl)OCC2. The zero-order valence-corrected chi connectivity index (χ0v) is 11.1. The highest BCUT2D eigenvalue weighted by molar-refractivity contribution is 6.17. The van der Waals surface area contributed by atoms with Gasteiger partial charge in [0.2, 0.25) is 0 Å². The molecule has 19 heavy (non-hydrogen) atoms. The molecule has 2 nitrogen and oxygen atoms in total. The lowest BCUT2D eigenvalue weighted by Crippen LogP contribution is -2.19. The Balaban J connectivity index is 2.50. The lowest BCUT2D eigenvalue weighted by molar-refractivity contribution is -0.138. The van der Waals surface area contributed by atoms with E-state index in [2.05, 4.69) is 0 Å². The zero-order chi connectivity index (χ0) is 14.0. The van der Waals surface area contributed by atoms with Gasteiger partial charge in [0.1, 0.15) is 5.75 Å². The minimum Gasteiger partial charge on any atom is -0.496 e. The Kier molecular flexibility index (Phi) is 4.26. The van der Waals surface area contributed by atoms with Gasteiger partial charge in [0, 0.05) is 5.88 Å². The second-order valence-corrected chi connectivity index (χ2v) is 4.71. The van der Waals surface area contributed by atoms with Crippen LogP contribution in [-0.4, -0.2) is 19.6 Å². The number of ether oxygens (including phenoxy) is 2. The molecule has 0 N–H and O–H groups in total.